The van der Waals surface area contributed by atoms with Crippen LogP contribution in [0.15, 0.2) is 0 Å². The standard InChI is InChI=1S/C11H22N2OS/c1-14-9-3-7-12-11(15)13-8-6-10-4-2-5-10/h10H,2-9H2,1H3,(H2,12,13,15). The summed E-state index contributed by atoms with van der Waals surface area (Å²) in [6.07, 6.45) is 6.51. The quantitative estimate of drug-likeness (QED) is 0.515. The van der Waals surface area contributed by atoms with Gasteiger partial charge in [-0.15, -0.1) is 0 Å². The van der Waals surface area contributed by atoms with Crippen molar-refractivity contribution in [1.29, 1.82) is 0 Å². The maximum absolute atomic E-state index is 5.15. The Morgan fingerprint density at radius 1 is 1.33 bits per heavy atom. The van der Waals surface area contributed by atoms with Crippen molar-refractivity contribution in [3.63, 3.8) is 0 Å². The van der Waals surface area contributed by atoms with E-state index in [0.29, 0.717) is 0 Å². The maximum atomic E-state index is 5.15. The Labute approximate surface area is 98.0 Å². The highest BCUT2D eigenvalue weighted by Crippen LogP contribution is 2.28. The zero-order valence-electron chi connectivity index (χ0n) is 9.55. The third-order valence-corrected chi connectivity index (χ3v) is 3.16. The molecule has 2 N–H and O–H groups in total. The first-order valence-electron chi connectivity index (χ1n) is 5.83. The van der Waals surface area contributed by atoms with Crippen LogP contribution < -0.4 is 10.6 Å². The summed E-state index contributed by atoms with van der Waals surface area (Å²) in [5.41, 5.74) is 0. The van der Waals surface area contributed by atoms with E-state index < -0.39 is 0 Å². The first-order valence-corrected chi connectivity index (χ1v) is 6.24. The molecular formula is C11H22N2OS. The SMILES string of the molecule is COCCCNC(=S)NCCC1CCC1. The Hall–Kier alpha value is -0.350. The van der Waals surface area contributed by atoms with Gasteiger partial charge >= 0.3 is 0 Å². The molecule has 1 fully saturated rings. The Morgan fingerprint density at radius 3 is 2.67 bits per heavy atom. The zero-order chi connectivity index (χ0) is 10.9. The second-order valence-electron chi connectivity index (χ2n) is 4.11. The van der Waals surface area contributed by atoms with Gasteiger partial charge in [0.15, 0.2) is 5.11 Å². The van der Waals surface area contributed by atoms with Gasteiger partial charge in [-0.25, -0.2) is 0 Å². The molecule has 0 amide bonds. The summed E-state index contributed by atoms with van der Waals surface area (Å²) >= 11 is 5.15. The molecule has 88 valence electrons. The van der Waals surface area contributed by atoms with Crippen LogP contribution in [0.5, 0.6) is 0 Å². The van der Waals surface area contributed by atoms with Gasteiger partial charge in [0.25, 0.3) is 0 Å². The monoisotopic (exact) mass is 230 g/mol. The van der Waals surface area contributed by atoms with Crippen LogP contribution in [0.25, 0.3) is 0 Å². The average Bonchev–Trinajstić information content (AvgIpc) is 2.17. The molecule has 0 aromatic carbocycles. The third kappa shape index (κ3) is 5.95. The number of rotatable bonds is 7. The molecule has 0 saturated heterocycles. The molecular weight excluding hydrogens is 208 g/mol. The molecule has 0 atom stereocenters. The molecule has 0 heterocycles. The van der Waals surface area contributed by atoms with Crippen molar-refractivity contribution in [2.24, 2.45) is 5.92 Å². The van der Waals surface area contributed by atoms with Crippen molar-refractivity contribution in [2.75, 3.05) is 26.8 Å². The lowest BCUT2D eigenvalue weighted by Crippen LogP contribution is -2.37. The lowest BCUT2D eigenvalue weighted by atomic mass is 9.83. The lowest BCUT2D eigenvalue weighted by molar-refractivity contribution is 0.195. The molecule has 0 aliphatic heterocycles. The smallest absolute Gasteiger partial charge is 0.166 e. The molecule has 0 aromatic heterocycles. The van der Waals surface area contributed by atoms with Gasteiger partial charge in [0.1, 0.15) is 0 Å². The van der Waals surface area contributed by atoms with Crippen molar-refractivity contribution in [1.82, 2.24) is 10.6 Å². The van der Waals surface area contributed by atoms with Crippen molar-refractivity contribution < 1.29 is 4.74 Å². The number of nitrogens with one attached hydrogen (secondary N) is 2. The minimum atomic E-state index is 0.783. The van der Waals surface area contributed by atoms with Gasteiger partial charge in [-0.2, -0.15) is 0 Å². The highest BCUT2D eigenvalue weighted by atomic mass is 32.1. The Bertz CT molecular complexity index is 183. The van der Waals surface area contributed by atoms with E-state index in [1.54, 1.807) is 7.11 Å². The van der Waals surface area contributed by atoms with E-state index in [-0.39, 0.29) is 0 Å². The summed E-state index contributed by atoms with van der Waals surface area (Å²) in [6, 6.07) is 0. The van der Waals surface area contributed by atoms with Crippen LogP contribution in [0.2, 0.25) is 0 Å². The molecule has 0 aromatic rings. The van der Waals surface area contributed by atoms with E-state index in [0.717, 1.165) is 37.1 Å². The van der Waals surface area contributed by atoms with Gasteiger partial charge in [-0.3, -0.25) is 0 Å². The Morgan fingerprint density at radius 2 is 2.07 bits per heavy atom. The first-order chi connectivity index (χ1) is 7.33. The molecule has 1 aliphatic rings. The van der Waals surface area contributed by atoms with Crippen molar-refractivity contribution in [3.8, 4) is 0 Å². The minimum Gasteiger partial charge on any atom is -0.385 e. The average molecular weight is 230 g/mol. The Kier molecular flexibility index (Phi) is 6.68. The van der Waals surface area contributed by atoms with Gasteiger partial charge in [0, 0.05) is 26.8 Å². The summed E-state index contributed by atoms with van der Waals surface area (Å²) in [5, 5.41) is 7.19. The summed E-state index contributed by atoms with van der Waals surface area (Å²) in [4.78, 5) is 0. The fourth-order valence-corrected chi connectivity index (χ4v) is 1.86. The van der Waals surface area contributed by atoms with Crippen molar-refractivity contribution in [3.05, 3.63) is 0 Å². The predicted octanol–water partition coefficient (Wildman–Crippen LogP) is 1.68. The van der Waals surface area contributed by atoms with Crippen LogP contribution in [-0.4, -0.2) is 31.9 Å². The third-order valence-electron chi connectivity index (χ3n) is 2.87. The highest BCUT2D eigenvalue weighted by Gasteiger charge is 2.16. The van der Waals surface area contributed by atoms with E-state index in [1.165, 1.54) is 25.7 Å². The van der Waals surface area contributed by atoms with Crippen molar-refractivity contribution in [2.45, 2.75) is 32.1 Å². The van der Waals surface area contributed by atoms with Crippen LogP contribution in [0.4, 0.5) is 0 Å². The molecule has 0 unspecified atom stereocenters. The molecule has 1 rings (SSSR count). The normalized spacial score (nSPS) is 15.8. The number of ether oxygens (including phenoxy) is 1. The van der Waals surface area contributed by atoms with Crippen molar-refractivity contribution >= 4 is 17.3 Å². The number of hydrogen-bond acceptors (Lipinski definition) is 2. The van der Waals surface area contributed by atoms with E-state index in [1.807, 2.05) is 0 Å². The highest BCUT2D eigenvalue weighted by molar-refractivity contribution is 7.80. The summed E-state index contributed by atoms with van der Waals surface area (Å²) in [7, 11) is 1.72. The number of thiocarbonyl (C=S) groups is 1. The second kappa shape index (κ2) is 7.88. The molecule has 3 nitrogen and oxygen atoms in total. The van der Waals surface area contributed by atoms with Gasteiger partial charge in [-0.1, -0.05) is 19.3 Å². The minimum absolute atomic E-state index is 0.783. The largest absolute Gasteiger partial charge is 0.385 e. The molecule has 4 heteroatoms. The summed E-state index contributed by atoms with van der Waals surface area (Å²) in [6.45, 7) is 2.70. The van der Waals surface area contributed by atoms with Gasteiger partial charge < -0.3 is 15.4 Å². The van der Waals surface area contributed by atoms with Crippen LogP contribution in [-0.2, 0) is 4.74 Å². The maximum Gasteiger partial charge on any atom is 0.166 e. The van der Waals surface area contributed by atoms with Crippen LogP contribution in [0.1, 0.15) is 32.1 Å². The van der Waals surface area contributed by atoms with E-state index >= 15 is 0 Å². The topological polar surface area (TPSA) is 33.3 Å². The zero-order valence-corrected chi connectivity index (χ0v) is 10.4. The number of methoxy groups -OCH3 is 1. The molecule has 0 bridgehead atoms. The first kappa shape index (κ1) is 12.7. The predicted molar refractivity (Wildman–Crippen MR) is 67.1 cm³/mol. The molecule has 0 spiro atoms. The van der Waals surface area contributed by atoms with Crippen LogP contribution in [0.3, 0.4) is 0 Å². The molecule has 1 aliphatic carbocycles. The molecule has 1 saturated carbocycles. The fourth-order valence-electron chi connectivity index (χ4n) is 1.65. The lowest BCUT2D eigenvalue weighted by Gasteiger charge is -2.25. The van der Waals surface area contributed by atoms with Crippen LogP contribution in [0, 0.1) is 5.92 Å². The van der Waals surface area contributed by atoms with Gasteiger partial charge in [0.2, 0.25) is 0 Å². The van der Waals surface area contributed by atoms with Gasteiger partial charge in [-0.05, 0) is 31.0 Å². The van der Waals surface area contributed by atoms with Crippen LogP contribution >= 0.6 is 12.2 Å². The molecule has 0 radical (unpaired) electrons. The number of hydrogen-bond donors (Lipinski definition) is 2. The molecule has 15 heavy (non-hydrogen) atoms. The van der Waals surface area contributed by atoms with Gasteiger partial charge in [0.05, 0.1) is 0 Å². The van der Waals surface area contributed by atoms with E-state index in [9.17, 15) is 0 Å². The fraction of sp³-hybridized carbons (Fsp3) is 0.909. The van der Waals surface area contributed by atoms with E-state index in [4.69, 9.17) is 17.0 Å². The Balaban J connectivity index is 1.84. The second-order valence-corrected chi connectivity index (χ2v) is 4.52. The van der Waals surface area contributed by atoms with E-state index in [2.05, 4.69) is 10.6 Å². The summed E-state index contributed by atoms with van der Waals surface area (Å²) < 4.78 is 4.95. The summed E-state index contributed by atoms with van der Waals surface area (Å²) in [5.74, 6) is 0.953.